The number of rotatable bonds is 3. The van der Waals surface area contributed by atoms with E-state index < -0.39 is 0 Å². The van der Waals surface area contributed by atoms with Gasteiger partial charge >= 0.3 is 0 Å². The van der Waals surface area contributed by atoms with E-state index in [9.17, 15) is 0 Å². The molecule has 1 aliphatic carbocycles. The highest BCUT2D eigenvalue weighted by Crippen LogP contribution is 2.47. The van der Waals surface area contributed by atoms with Gasteiger partial charge in [0.15, 0.2) is 0 Å². The van der Waals surface area contributed by atoms with Crippen LogP contribution in [-0.2, 0) is 4.74 Å². The second-order valence-corrected chi connectivity index (χ2v) is 5.83. The Morgan fingerprint density at radius 3 is 2.14 bits per heavy atom. The van der Waals surface area contributed by atoms with E-state index in [0.29, 0.717) is 23.5 Å². The normalized spacial score (nSPS) is 26.0. The molecule has 0 amide bonds. The molecule has 0 aromatic rings. The summed E-state index contributed by atoms with van der Waals surface area (Å²) in [4.78, 5) is 0. The minimum atomic E-state index is 0.310. The van der Waals surface area contributed by atoms with Gasteiger partial charge in [0.25, 0.3) is 0 Å². The first-order valence-corrected chi connectivity index (χ1v) is 5.63. The molecular formula is C13H24O. The predicted molar refractivity (Wildman–Crippen MR) is 61.4 cm³/mol. The standard InChI is InChI=1S/C13H24O/c1-6-10-14-11-12(2,3)8-7-9-13(11,4)5/h6,11H,1,7-10H2,2-5H3. The van der Waals surface area contributed by atoms with Gasteiger partial charge in [-0.25, -0.2) is 0 Å². The second kappa shape index (κ2) is 4.06. The zero-order valence-electron chi connectivity index (χ0n) is 10.1. The van der Waals surface area contributed by atoms with Crippen LogP contribution in [0.1, 0.15) is 47.0 Å². The molecule has 1 heteroatoms. The van der Waals surface area contributed by atoms with E-state index in [1.165, 1.54) is 19.3 Å². The molecule has 82 valence electrons. The summed E-state index contributed by atoms with van der Waals surface area (Å²) in [6.07, 6.45) is 6.09. The summed E-state index contributed by atoms with van der Waals surface area (Å²) < 4.78 is 5.94. The van der Waals surface area contributed by atoms with Crippen LogP contribution < -0.4 is 0 Å². The highest BCUT2D eigenvalue weighted by Gasteiger charge is 2.44. The largest absolute Gasteiger partial charge is 0.373 e. The topological polar surface area (TPSA) is 9.23 Å². The first-order chi connectivity index (χ1) is 6.40. The zero-order valence-corrected chi connectivity index (χ0v) is 10.1. The Hall–Kier alpha value is -0.300. The van der Waals surface area contributed by atoms with E-state index in [-0.39, 0.29) is 0 Å². The third kappa shape index (κ3) is 2.38. The van der Waals surface area contributed by atoms with Crippen molar-refractivity contribution in [3.63, 3.8) is 0 Å². The molecule has 14 heavy (non-hydrogen) atoms. The molecule has 1 fully saturated rings. The van der Waals surface area contributed by atoms with Crippen LogP contribution in [-0.4, -0.2) is 12.7 Å². The molecule has 0 unspecified atom stereocenters. The molecule has 0 bridgehead atoms. The molecule has 0 heterocycles. The smallest absolute Gasteiger partial charge is 0.0681 e. The molecule has 0 N–H and O–H groups in total. The van der Waals surface area contributed by atoms with E-state index in [0.717, 1.165) is 0 Å². The van der Waals surface area contributed by atoms with Crippen molar-refractivity contribution in [2.24, 2.45) is 10.8 Å². The first kappa shape index (κ1) is 11.8. The average Bonchev–Trinajstić information content (AvgIpc) is 2.01. The fourth-order valence-corrected chi connectivity index (χ4v) is 2.94. The van der Waals surface area contributed by atoms with E-state index in [1.807, 2.05) is 6.08 Å². The lowest BCUT2D eigenvalue weighted by Crippen LogP contribution is -2.47. The Balaban J connectivity index is 2.74. The van der Waals surface area contributed by atoms with Crippen molar-refractivity contribution in [2.75, 3.05) is 6.61 Å². The summed E-state index contributed by atoms with van der Waals surface area (Å²) in [6, 6.07) is 0. The molecule has 1 nitrogen and oxygen atoms in total. The molecule has 0 spiro atoms. The molecule has 1 aliphatic rings. The summed E-state index contributed by atoms with van der Waals surface area (Å²) in [6.45, 7) is 13.7. The van der Waals surface area contributed by atoms with Gasteiger partial charge in [-0.2, -0.15) is 0 Å². The minimum Gasteiger partial charge on any atom is -0.373 e. The Bertz CT molecular complexity index is 187. The van der Waals surface area contributed by atoms with Crippen molar-refractivity contribution in [2.45, 2.75) is 53.1 Å². The van der Waals surface area contributed by atoms with Crippen LogP contribution in [0.2, 0.25) is 0 Å². The van der Waals surface area contributed by atoms with Crippen molar-refractivity contribution in [1.82, 2.24) is 0 Å². The van der Waals surface area contributed by atoms with Gasteiger partial charge in [-0.3, -0.25) is 0 Å². The summed E-state index contributed by atoms with van der Waals surface area (Å²) >= 11 is 0. The van der Waals surface area contributed by atoms with Crippen LogP contribution in [0, 0.1) is 10.8 Å². The Labute approximate surface area is 88.5 Å². The maximum absolute atomic E-state index is 5.94. The third-order valence-electron chi connectivity index (χ3n) is 3.44. The number of ether oxygens (including phenoxy) is 1. The van der Waals surface area contributed by atoms with E-state index in [2.05, 4.69) is 34.3 Å². The van der Waals surface area contributed by atoms with Gasteiger partial charge in [-0.05, 0) is 23.7 Å². The van der Waals surface area contributed by atoms with Gasteiger partial charge in [0.1, 0.15) is 0 Å². The molecule has 0 radical (unpaired) electrons. The summed E-state index contributed by atoms with van der Waals surface area (Å²) in [5.41, 5.74) is 0.621. The highest BCUT2D eigenvalue weighted by molar-refractivity contribution is 4.95. The SMILES string of the molecule is C=CCOC1C(C)(C)CCCC1(C)C. The summed E-state index contributed by atoms with van der Waals surface area (Å²) in [7, 11) is 0. The van der Waals surface area contributed by atoms with Crippen LogP contribution in [0.15, 0.2) is 12.7 Å². The molecule has 1 rings (SSSR count). The van der Waals surface area contributed by atoms with Crippen LogP contribution in [0.3, 0.4) is 0 Å². The quantitative estimate of drug-likeness (QED) is 0.624. The lowest BCUT2D eigenvalue weighted by molar-refractivity contribution is -0.112. The molecule has 0 aromatic carbocycles. The van der Waals surface area contributed by atoms with Gasteiger partial charge in [-0.15, -0.1) is 6.58 Å². The summed E-state index contributed by atoms with van der Waals surface area (Å²) in [5.74, 6) is 0. The van der Waals surface area contributed by atoms with Gasteiger partial charge in [0.05, 0.1) is 12.7 Å². The maximum atomic E-state index is 5.94. The third-order valence-corrected chi connectivity index (χ3v) is 3.44. The molecule has 0 aromatic heterocycles. The first-order valence-electron chi connectivity index (χ1n) is 5.63. The number of hydrogen-bond acceptors (Lipinski definition) is 1. The van der Waals surface area contributed by atoms with E-state index >= 15 is 0 Å². The van der Waals surface area contributed by atoms with Crippen LogP contribution in [0.5, 0.6) is 0 Å². The van der Waals surface area contributed by atoms with Crippen LogP contribution in [0.4, 0.5) is 0 Å². The minimum absolute atomic E-state index is 0.310. The van der Waals surface area contributed by atoms with E-state index in [4.69, 9.17) is 4.74 Å². The van der Waals surface area contributed by atoms with Gasteiger partial charge < -0.3 is 4.74 Å². The summed E-state index contributed by atoms with van der Waals surface area (Å²) in [5, 5.41) is 0. The zero-order chi connectivity index (χ0) is 10.8. The molecular weight excluding hydrogens is 172 g/mol. The Kier molecular flexibility index (Phi) is 3.41. The maximum Gasteiger partial charge on any atom is 0.0681 e. The van der Waals surface area contributed by atoms with Crippen molar-refractivity contribution < 1.29 is 4.74 Å². The fourth-order valence-electron chi connectivity index (χ4n) is 2.94. The lowest BCUT2D eigenvalue weighted by Gasteiger charge is -2.48. The van der Waals surface area contributed by atoms with Crippen molar-refractivity contribution >= 4 is 0 Å². The van der Waals surface area contributed by atoms with Gasteiger partial charge in [-0.1, -0.05) is 40.2 Å². The molecule has 0 atom stereocenters. The Morgan fingerprint density at radius 1 is 1.21 bits per heavy atom. The number of hydrogen-bond donors (Lipinski definition) is 0. The van der Waals surface area contributed by atoms with E-state index in [1.54, 1.807) is 0 Å². The predicted octanol–water partition coefficient (Wildman–Crippen LogP) is 3.79. The second-order valence-electron chi connectivity index (χ2n) is 5.83. The Morgan fingerprint density at radius 2 is 1.71 bits per heavy atom. The van der Waals surface area contributed by atoms with Crippen LogP contribution in [0.25, 0.3) is 0 Å². The fraction of sp³-hybridized carbons (Fsp3) is 0.846. The van der Waals surface area contributed by atoms with Gasteiger partial charge in [0.2, 0.25) is 0 Å². The average molecular weight is 196 g/mol. The molecule has 0 aliphatic heterocycles. The molecule has 1 saturated carbocycles. The van der Waals surface area contributed by atoms with Crippen molar-refractivity contribution in [3.8, 4) is 0 Å². The van der Waals surface area contributed by atoms with Crippen molar-refractivity contribution in [1.29, 1.82) is 0 Å². The highest BCUT2D eigenvalue weighted by atomic mass is 16.5. The van der Waals surface area contributed by atoms with Gasteiger partial charge in [0, 0.05) is 0 Å². The molecule has 0 saturated heterocycles. The lowest BCUT2D eigenvalue weighted by atomic mass is 9.63. The van der Waals surface area contributed by atoms with Crippen LogP contribution >= 0.6 is 0 Å². The van der Waals surface area contributed by atoms with Crippen molar-refractivity contribution in [3.05, 3.63) is 12.7 Å². The monoisotopic (exact) mass is 196 g/mol.